The molecule has 4 nitrogen and oxygen atoms in total. The summed E-state index contributed by atoms with van der Waals surface area (Å²) in [6, 6.07) is 0. The van der Waals surface area contributed by atoms with Gasteiger partial charge in [0, 0.05) is 18.9 Å². The number of carbonyl (C=O) groups is 2. The van der Waals surface area contributed by atoms with E-state index in [2.05, 4.69) is 32.2 Å². The summed E-state index contributed by atoms with van der Waals surface area (Å²) in [5.41, 5.74) is 0. The van der Waals surface area contributed by atoms with E-state index in [1.807, 2.05) is 6.08 Å². The Balaban J connectivity index is 3.96. The van der Waals surface area contributed by atoms with Gasteiger partial charge in [-0.25, -0.2) is 4.79 Å². The van der Waals surface area contributed by atoms with Crippen LogP contribution in [0.1, 0.15) is 135 Å². The van der Waals surface area contributed by atoms with Crippen LogP contribution in [0, 0.1) is 0 Å². The maximum atomic E-state index is 12.3. The first kappa shape index (κ1) is 33.2. The Labute approximate surface area is 216 Å². The van der Waals surface area contributed by atoms with Crippen LogP contribution in [-0.2, 0) is 19.1 Å². The predicted octanol–water partition coefficient (Wildman–Crippen LogP) is 9.19. The predicted molar refractivity (Wildman–Crippen MR) is 148 cm³/mol. The molecule has 0 aliphatic heterocycles. The number of ether oxygens (including phenoxy) is 2. The lowest BCUT2D eigenvalue weighted by atomic mass is 10.1. The fourth-order valence-corrected chi connectivity index (χ4v) is 4.03. The van der Waals surface area contributed by atoms with Gasteiger partial charge in [-0.1, -0.05) is 95.9 Å². The first-order valence-corrected chi connectivity index (χ1v) is 14.4. The van der Waals surface area contributed by atoms with Crippen molar-refractivity contribution in [2.24, 2.45) is 0 Å². The van der Waals surface area contributed by atoms with Crippen LogP contribution in [0.4, 0.5) is 0 Å². The molecule has 0 saturated heterocycles. The van der Waals surface area contributed by atoms with E-state index in [4.69, 9.17) is 9.47 Å². The third-order valence-electron chi connectivity index (χ3n) is 6.21. The van der Waals surface area contributed by atoms with Crippen molar-refractivity contribution < 1.29 is 19.1 Å². The molecule has 1 unspecified atom stereocenters. The topological polar surface area (TPSA) is 52.6 Å². The Morgan fingerprint density at radius 1 is 0.743 bits per heavy atom. The summed E-state index contributed by atoms with van der Waals surface area (Å²) in [7, 11) is 0. The zero-order chi connectivity index (χ0) is 25.8. The van der Waals surface area contributed by atoms with E-state index in [0.29, 0.717) is 13.0 Å². The van der Waals surface area contributed by atoms with E-state index in [1.165, 1.54) is 70.3 Å². The van der Waals surface area contributed by atoms with Gasteiger partial charge < -0.3 is 9.47 Å². The van der Waals surface area contributed by atoms with Crippen LogP contribution >= 0.6 is 0 Å². The minimum absolute atomic E-state index is 0.0239. The molecule has 0 N–H and O–H groups in total. The minimum atomic E-state index is -0.333. The lowest BCUT2D eigenvalue weighted by molar-refractivity contribution is -0.149. The summed E-state index contributed by atoms with van der Waals surface area (Å²) in [5.74, 6) is -0.357. The van der Waals surface area contributed by atoms with E-state index < -0.39 is 0 Å². The van der Waals surface area contributed by atoms with Gasteiger partial charge in [0.15, 0.2) is 0 Å². The lowest BCUT2D eigenvalue weighted by Crippen LogP contribution is -2.17. The van der Waals surface area contributed by atoms with Gasteiger partial charge in [0.2, 0.25) is 0 Å². The lowest BCUT2D eigenvalue weighted by Gasteiger charge is -2.16. The van der Waals surface area contributed by atoms with Gasteiger partial charge in [-0.3, -0.25) is 4.79 Å². The molecule has 1 atom stereocenters. The maximum absolute atomic E-state index is 12.3. The summed E-state index contributed by atoms with van der Waals surface area (Å²) < 4.78 is 10.8. The molecule has 0 radical (unpaired) electrons. The molecule has 0 heterocycles. The molecule has 0 aromatic carbocycles. The van der Waals surface area contributed by atoms with Gasteiger partial charge in [-0.05, 0) is 51.4 Å². The third-order valence-corrected chi connectivity index (χ3v) is 6.21. The highest BCUT2D eigenvalue weighted by atomic mass is 16.5. The van der Waals surface area contributed by atoms with Gasteiger partial charge in [-0.2, -0.15) is 0 Å². The number of hydrogen-bond acceptors (Lipinski definition) is 4. The van der Waals surface area contributed by atoms with E-state index >= 15 is 0 Å². The first-order valence-electron chi connectivity index (χ1n) is 14.4. The molecule has 0 aliphatic rings. The van der Waals surface area contributed by atoms with E-state index in [1.54, 1.807) is 0 Å². The number of esters is 2. The van der Waals surface area contributed by atoms with E-state index in [-0.39, 0.29) is 18.0 Å². The van der Waals surface area contributed by atoms with Gasteiger partial charge in [0.1, 0.15) is 6.10 Å². The zero-order valence-corrected chi connectivity index (χ0v) is 22.8. The maximum Gasteiger partial charge on any atom is 0.330 e. The molecule has 0 aromatic heterocycles. The highest BCUT2D eigenvalue weighted by Crippen LogP contribution is 2.15. The van der Waals surface area contributed by atoms with Crippen LogP contribution in [-0.4, -0.2) is 24.6 Å². The van der Waals surface area contributed by atoms with Crippen molar-refractivity contribution in [3.8, 4) is 0 Å². The molecule has 0 amide bonds. The standard InChI is InChI=1S/C31H54O4/c1-4-7-9-11-15-19-23-27-31(33)35-29(25-21-10-8-5-2)26-22-18-16-13-12-14-17-20-24-28-34-30(32)6-3/h4,6,18,22,29H,1,3,5,7-17,19-21,23-28H2,2H3/b22-18-. The molecule has 0 spiro atoms. The van der Waals surface area contributed by atoms with Gasteiger partial charge in [-0.15, -0.1) is 6.58 Å². The quantitative estimate of drug-likeness (QED) is 0.0525. The molecule has 0 saturated carbocycles. The van der Waals surface area contributed by atoms with Crippen molar-refractivity contribution in [2.45, 2.75) is 141 Å². The highest BCUT2D eigenvalue weighted by Gasteiger charge is 2.13. The minimum Gasteiger partial charge on any atom is -0.463 e. The molecule has 35 heavy (non-hydrogen) atoms. The van der Waals surface area contributed by atoms with Crippen molar-refractivity contribution >= 4 is 11.9 Å². The molecule has 0 aromatic rings. The van der Waals surface area contributed by atoms with Crippen LogP contribution in [0.15, 0.2) is 37.5 Å². The summed E-state index contributed by atoms with van der Waals surface area (Å²) in [5, 5.41) is 0. The number of carbonyl (C=O) groups excluding carboxylic acids is 2. The summed E-state index contributed by atoms with van der Waals surface area (Å²) in [6.45, 7) is 9.86. The van der Waals surface area contributed by atoms with Crippen LogP contribution < -0.4 is 0 Å². The SMILES string of the molecule is C=CCCCCCCCC(=O)OC(C/C=C\CCCCCCCCOC(=O)C=C)CCCCCC. The second-order valence-electron chi connectivity index (χ2n) is 9.55. The van der Waals surface area contributed by atoms with Gasteiger partial charge in [0.05, 0.1) is 6.61 Å². The second-order valence-corrected chi connectivity index (χ2v) is 9.55. The summed E-state index contributed by atoms with van der Waals surface area (Å²) in [6.07, 6.45) is 29.5. The van der Waals surface area contributed by atoms with Crippen molar-refractivity contribution in [2.75, 3.05) is 6.61 Å². The van der Waals surface area contributed by atoms with Crippen LogP contribution in [0.3, 0.4) is 0 Å². The average Bonchev–Trinajstić information content (AvgIpc) is 2.86. The Morgan fingerprint density at radius 2 is 1.37 bits per heavy atom. The van der Waals surface area contributed by atoms with E-state index in [9.17, 15) is 9.59 Å². The van der Waals surface area contributed by atoms with Crippen LogP contribution in [0.5, 0.6) is 0 Å². The van der Waals surface area contributed by atoms with Crippen LogP contribution in [0.25, 0.3) is 0 Å². The van der Waals surface area contributed by atoms with Gasteiger partial charge >= 0.3 is 11.9 Å². The monoisotopic (exact) mass is 490 g/mol. The largest absolute Gasteiger partial charge is 0.463 e. The molecule has 0 aliphatic carbocycles. The second kappa shape index (κ2) is 26.8. The number of unbranched alkanes of at least 4 members (excludes halogenated alkanes) is 14. The number of hydrogen-bond donors (Lipinski definition) is 0. The molecule has 0 bridgehead atoms. The molecule has 0 rings (SSSR count). The van der Waals surface area contributed by atoms with Gasteiger partial charge in [0.25, 0.3) is 0 Å². The normalized spacial score (nSPS) is 11.9. The first-order chi connectivity index (χ1) is 17.1. The molecule has 4 heteroatoms. The smallest absolute Gasteiger partial charge is 0.330 e. The summed E-state index contributed by atoms with van der Waals surface area (Å²) in [4.78, 5) is 23.3. The Morgan fingerprint density at radius 3 is 2.06 bits per heavy atom. The molecular formula is C31H54O4. The van der Waals surface area contributed by atoms with Crippen LogP contribution in [0.2, 0.25) is 0 Å². The van der Waals surface area contributed by atoms with Crippen molar-refractivity contribution in [3.05, 3.63) is 37.5 Å². The third kappa shape index (κ3) is 25.1. The zero-order valence-electron chi connectivity index (χ0n) is 22.8. The number of rotatable bonds is 26. The number of allylic oxidation sites excluding steroid dienone is 2. The summed E-state index contributed by atoms with van der Waals surface area (Å²) >= 11 is 0. The Kier molecular flexibility index (Phi) is 25.4. The van der Waals surface area contributed by atoms with Crippen molar-refractivity contribution in [3.63, 3.8) is 0 Å². The average molecular weight is 491 g/mol. The molecule has 202 valence electrons. The molecule has 0 fully saturated rings. The molecular weight excluding hydrogens is 436 g/mol. The highest BCUT2D eigenvalue weighted by molar-refractivity contribution is 5.81. The fourth-order valence-electron chi connectivity index (χ4n) is 4.03. The fraction of sp³-hybridized carbons (Fsp3) is 0.742. The van der Waals surface area contributed by atoms with Crippen molar-refractivity contribution in [1.29, 1.82) is 0 Å². The Bertz CT molecular complexity index is 552. The Hall–Kier alpha value is -1.84. The van der Waals surface area contributed by atoms with Crippen molar-refractivity contribution in [1.82, 2.24) is 0 Å². The van der Waals surface area contributed by atoms with E-state index in [0.717, 1.165) is 57.8 Å².